The Balaban J connectivity index is 1.31. The van der Waals surface area contributed by atoms with Crippen LogP contribution in [0.5, 0.6) is 0 Å². The fourth-order valence-electron chi connectivity index (χ4n) is 6.06. The Bertz CT molecular complexity index is 762. The number of esters is 1. The summed E-state index contributed by atoms with van der Waals surface area (Å²) in [5.74, 6) is 1.20. The third-order valence-corrected chi connectivity index (χ3v) is 6.65. The second-order valence-electron chi connectivity index (χ2n) is 8.54. The maximum Gasteiger partial charge on any atom is 0.338 e. The number of nitrogens with one attached hydrogen (secondary N) is 1. The minimum atomic E-state index is -0.448. The van der Waals surface area contributed by atoms with Crippen LogP contribution in [0.3, 0.4) is 0 Å². The van der Waals surface area contributed by atoms with Crippen molar-refractivity contribution in [3.05, 3.63) is 34.9 Å². The molecule has 1 aliphatic heterocycles. The molecule has 6 rings (SSSR count). The van der Waals surface area contributed by atoms with E-state index >= 15 is 0 Å². The number of carbonyl (C=O) groups is 3. The summed E-state index contributed by atoms with van der Waals surface area (Å²) in [5.41, 5.74) is 1.10. The first-order valence-corrected chi connectivity index (χ1v) is 9.18. The molecule has 130 valence electrons. The molecule has 0 aromatic heterocycles. The Morgan fingerprint density at radius 1 is 1.00 bits per heavy atom. The number of fused-ring (bicyclic) bond motifs is 1. The van der Waals surface area contributed by atoms with Crippen molar-refractivity contribution < 1.29 is 19.1 Å². The first-order chi connectivity index (χ1) is 12.0. The molecular weight excluding hydrogens is 318 g/mol. The van der Waals surface area contributed by atoms with Gasteiger partial charge in [0.2, 0.25) is 0 Å². The molecule has 1 heterocycles. The second kappa shape index (κ2) is 5.16. The highest BCUT2D eigenvalue weighted by molar-refractivity contribution is 6.22. The van der Waals surface area contributed by atoms with E-state index in [0.717, 1.165) is 17.8 Å². The van der Waals surface area contributed by atoms with E-state index in [2.05, 4.69) is 5.32 Å². The predicted octanol–water partition coefficient (Wildman–Crippen LogP) is 2.94. The predicted molar refractivity (Wildman–Crippen MR) is 89.1 cm³/mol. The highest BCUT2D eigenvalue weighted by Crippen LogP contribution is 2.60. The van der Waals surface area contributed by atoms with Crippen LogP contribution in [-0.2, 0) is 4.74 Å². The summed E-state index contributed by atoms with van der Waals surface area (Å²) in [6, 6.07) is 4.56. The van der Waals surface area contributed by atoms with Gasteiger partial charge in [0.25, 0.3) is 11.8 Å². The highest BCUT2D eigenvalue weighted by Gasteiger charge is 2.51. The summed E-state index contributed by atoms with van der Waals surface area (Å²) in [7, 11) is 0. The van der Waals surface area contributed by atoms with Crippen molar-refractivity contribution in [2.75, 3.05) is 6.61 Å². The first kappa shape index (κ1) is 15.1. The van der Waals surface area contributed by atoms with Gasteiger partial charge in [0.15, 0.2) is 0 Å². The molecule has 4 fully saturated rings. The smallest absolute Gasteiger partial charge is 0.338 e. The maximum absolute atomic E-state index is 12.5. The maximum atomic E-state index is 12.5. The highest BCUT2D eigenvalue weighted by atomic mass is 16.5. The van der Waals surface area contributed by atoms with Gasteiger partial charge in [-0.2, -0.15) is 0 Å². The van der Waals surface area contributed by atoms with Crippen LogP contribution in [0.25, 0.3) is 0 Å². The molecule has 1 aromatic rings. The van der Waals surface area contributed by atoms with E-state index in [-0.39, 0.29) is 11.0 Å². The molecule has 0 unspecified atom stereocenters. The lowest BCUT2D eigenvalue weighted by atomic mass is 9.50. The molecule has 25 heavy (non-hydrogen) atoms. The summed E-state index contributed by atoms with van der Waals surface area (Å²) >= 11 is 0. The molecule has 5 heteroatoms. The zero-order chi connectivity index (χ0) is 17.2. The fraction of sp³-hybridized carbons (Fsp3) is 0.550. The van der Waals surface area contributed by atoms with Crippen LogP contribution in [0, 0.1) is 23.2 Å². The van der Waals surface area contributed by atoms with Gasteiger partial charge in [-0.05, 0) is 74.5 Å². The molecule has 5 aliphatic rings. The molecule has 4 saturated carbocycles. The summed E-state index contributed by atoms with van der Waals surface area (Å²) in [5, 5.41) is 2.24. The topological polar surface area (TPSA) is 72.5 Å². The molecule has 1 N–H and O–H groups in total. The number of rotatable bonds is 3. The van der Waals surface area contributed by atoms with E-state index in [9.17, 15) is 14.4 Å². The SMILES string of the molecule is O=C(OCC12CC3CC(CC(C3)C1)C2)c1ccc2c(c1)C(=O)NC2=O. The molecule has 4 bridgehead atoms. The molecule has 0 atom stereocenters. The van der Waals surface area contributed by atoms with Crippen molar-refractivity contribution in [3.63, 3.8) is 0 Å². The molecule has 4 aliphatic carbocycles. The van der Waals surface area contributed by atoms with E-state index in [4.69, 9.17) is 4.74 Å². The zero-order valence-corrected chi connectivity index (χ0v) is 14.0. The lowest BCUT2D eigenvalue weighted by Gasteiger charge is -2.56. The number of hydrogen-bond donors (Lipinski definition) is 1. The Morgan fingerprint density at radius 3 is 2.24 bits per heavy atom. The summed E-state index contributed by atoms with van der Waals surface area (Å²) in [6.07, 6.45) is 7.65. The normalized spacial score (nSPS) is 34.8. The van der Waals surface area contributed by atoms with E-state index in [1.165, 1.54) is 50.7 Å². The number of ether oxygens (including phenoxy) is 1. The van der Waals surface area contributed by atoms with Gasteiger partial charge in [-0.3, -0.25) is 14.9 Å². The van der Waals surface area contributed by atoms with Gasteiger partial charge < -0.3 is 4.74 Å². The standard InChI is InChI=1S/C20H21NO4/c22-17-15-2-1-14(6-16(15)18(23)21-17)19(24)25-10-20-7-11-3-12(8-20)5-13(4-11)9-20/h1-2,6,11-13H,3-5,7-10H2,(H,21,22,23). The van der Waals surface area contributed by atoms with E-state index in [0.29, 0.717) is 17.7 Å². The Labute approximate surface area is 146 Å². The molecule has 0 spiro atoms. The molecule has 0 saturated heterocycles. The van der Waals surface area contributed by atoms with Crippen molar-refractivity contribution in [1.29, 1.82) is 0 Å². The average molecular weight is 339 g/mol. The average Bonchev–Trinajstić information content (AvgIpc) is 2.85. The largest absolute Gasteiger partial charge is 0.462 e. The van der Waals surface area contributed by atoms with Crippen molar-refractivity contribution >= 4 is 17.8 Å². The molecule has 1 aromatic carbocycles. The van der Waals surface area contributed by atoms with Gasteiger partial charge in [0, 0.05) is 5.41 Å². The first-order valence-electron chi connectivity index (χ1n) is 9.18. The van der Waals surface area contributed by atoms with Crippen LogP contribution in [-0.4, -0.2) is 24.4 Å². The number of carbonyl (C=O) groups excluding carboxylic acids is 3. The number of benzene rings is 1. The van der Waals surface area contributed by atoms with Crippen molar-refractivity contribution in [2.24, 2.45) is 23.2 Å². The quantitative estimate of drug-likeness (QED) is 0.679. The second-order valence-corrected chi connectivity index (χ2v) is 8.54. The molecule has 2 amide bonds. The minimum absolute atomic E-state index is 0.175. The van der Waals surface area contributed by atoms with Crippen LogP contribution in [0.4, 0.5) is 0 Å². The monoisotopic (exact) mass is 339 g/mol. The van der Waals surface area contributed by atoms with E-state index in [1.54, 1.807) is 6.07 Å². The van der Waals surface area contributed by atoms with Crippen molar-refractivity contribution in [1.82, 2.24) is 5.32 Å². The van der Waals surface area contributed by atoms with Gasteiger partial charge in [0.05, 0.1) is 23.3 Å². The van der Waals surface area contributed by atoms with Crippen LogP contribution < -0.4 is 5.32 Å². The Kier molecular flexibility index (Phi) is 3.12. The Hall–Kier alpha value is -2.17. The van der Waals surface area contributed by atoms with Gasteiger partial charge >= 0.3 is 5.97 Å². The van der Waals surface area contributed by atoms with Gasteiger partial charge in [-0.15, -0.1) is 0 Å². The number of amides is 2. The van der Waals surface area contributed by atoms with E-state index < -0.39 is 17.8 Å². The fourth-order valence-corrected chi connectivity index (χ4v) is 6.06. The minimum Gasteiger partial charge on any atom is -0.462 e. The summed E-state index contributed by atoms with van der Waals surface area (Å²) < 4.78 is 5.68. The lowest BCUT2D eigenvalue weighted by molar-refractivity contribution is -0.0848. The molecule has 5 nitrogen and oxygen atoms in total. The molecule has 0 radical (unpaired) electrons. The number of hydrogen-bond acceptors (Lipinski definition) is 4. The van der Waals surface area contributed by atoms with Crippen LogP contribution in [0.2, 0.25) is 0 Å². The Morgan fingerprint density at radius 2 is 1.60 bits per heavy atom. The van der Waals surface area contributed by atoms with Gasteiger partial charge in [-0.25, -0.2) is 4.79 Å². The van der Waals surface area contributed by atoms with Crippen LogP contribution >= 0.6 is 0 Å². The van der Waals surface area contributed by atoms with Gasteiger partial charge in [-0.1, -0.05) is 0 Å². The lowest BCUT2D eigenvalue weighted by Crippen LogP contribution is -2.48. The van der Waals surface area contributed by atoms with Crippen LogP contribution in [0.15, 0.2) is 18.2 Å². The van der Waals surface area contributed by atoms with Crippen LogP contribution in [0.1, 0.15) is 69.6 Å². The van der Waals surface area contributed by atoms with Gasteiger partial charge in [0.1, 0.15) is 0 Å². The van der Waals surface area contributed by atoms with Crippen molar-refractivity contribution in [3.8, 4) is 0 Å². The van der Waals surface area contributed by atoms with E-state index in [1.807, 2.05) is 0 Å². The summed E-state index contributed by atoms with van der Waals surface area (Å²) in [6.45, 7) is 0.484. The zero-order valence-electron chi connectivity index (χ0n) is 14.0. The third-order valence-electron chi connectivity index (χ3n) is 6.65. The molecular formula is C20H21NO4. The third kappa shape index (κ3) is 2.40. The number of imide groups is 1. The summed E-state index contributed by atoms with van der Waals surface area (Å²) in [4.78, 5) is 35.8. The van der Waals surface area contributed by atoms with Crippen molar-refractivity contribution in [2.45, 2.75) is 38.5 Å².